The Morgan fingerprint density at radius 1 is 1.42 bits per heavy atom. The molecular weight excluding hydrogens is 334 g/mol. The van der Waals surface area contributed by atoms with Gasteiger partial charge in [-0.2, -0.15) is 0 Å². The van der Waals surface area contributed by atoms with Crippen molar-refractivity contribution in [2.24, 2.45) is 0 Å². The second-order valence-corrected chi connectivity index (χ2v) is 6.59. The number of nitrogens with one attached hydrogen (secondary N) is 1. The van der Waals surface area contributed by atoms with Crippen LogP contribution in [0.3, 0.4) is 0 Å². The number of aromatic nitrogens is 1. The second-order valence-electron chi connectivity index (χ2n) is 3.94. The molecule has 3 N–H and O–H groups in total. The number of nitrogens with two attached hydrogens (primary N) is 1. The summed E-state index contributed by atoms with van der Waals surface area (Å²) in [4.78, 5) is 0.0297. The van der Waals surface area contributed by atoms with Crippen LogP contribution in [0, 0.1) is 6.92 Å². The molecule has 102 valence electrons. The second kappa shape index (κ2) is 5.32. The predicted octanol–water partition coefficient (Wildman–Crippen LogP) is 1.81. The Kier molecular flexibility index (Phi) is 3.93. The Balaban J connectivity index is 2.20. The molecule has 0 aliphatic heterocycles. The smallest absolute Gasteiger partial charge is 0.243 e. The van der Waals surface area contributed by atoms with Gasteiger partial charge in [-0.15, -0.1) is 0 Å². The Bertz CT molecular complexity index is 697. The number of nitrogen functional groups attached to an aromatic ring is 1. The molecule has 0 amide bonds. The van der Waals surface area contributed by atoms with Crippen LogP contribution in [0.1, 0.15) is 11.5 Å². The molecule has 19 heavy (non-hydrogen) atoms. The van der Waals surface area contributed by atoms with E-state index in [1.54, 1.807) is 19.1 Å². The third-order valence-corrected chi connectivity index (χ3v) is 4.34. The number of rotatable bonds is 4. The van der Waals surface area contributed by atoms with E-state index in [2.05, 4.69) is 25.8 Å². The maximum Gasteiger partial charge on any atom is 0.243 e. The zero-order valence-electron chi connectivity index (χ0n) is 10.1. The zero-order chi connectivity index (χ0) is 14.0. The summed E-state index contributed by atoms with van der Waals surface area (Å²) in [5, 5.41) is 3.71. The van der Waals surface area contributed by atoms with Gasteiger partial charge in [-0.1, -0.05) is 21.1 Å². The van der Waals surface area contributed by atoms with Gasteiger partial charge in [-0.05, 0) is 25.1 Å². The quantitative estimate of drug-likeness (QED) is 0.823. The lowest BCUT2D eigenvalue weighted by Gasteiger charge is -2.08. The minimum Gasteiger partial charge on any atom is -0.398 e. The minimum absolute atomic E-state index is 0.0297. The molecule has 1 aromatic carbocycles. The van der Waals surface area contributed by atoms with E-state index >= 15 is 0 Å². The lowest BCUT2D eigenvalue weighted by Crippen LogP contribution is -2.24. The molecule has 0 unspecified atom stereocenters. The molecule has 0 atom stereocenters. The van der Waals surface area contributed by atoms with Gasteiger partial charge in [0.15, 0.2) is 0 Å². The van der Waals surface area contributed by atoms with E-state index in [0.717, 1.165) is 0 Å². The molecule has 0 saturated carbocycles. The van der Waals surface area contributed by atoms with Gasteiger partial charge in [0.25, 0.3) is 0 Å². The first-order chi connectivity index (χ1) is 8.88. The fraction of sp³-hybridized carbons (Fsp3) is 0.182. The van der Waals surface area contributed by atoms with Gasteiger partial charge < -0.3 is 10.3 Å². The summed E-state index contributed by atoms with van der Waals surface area (Å²) in [6.07, 6.45) is 0. The average Bonchev–Trinajstić information content (AvgIpc) is 2.76. The predicted molar refractivity (Wildman–Crippen MR) is 73.8 cm³/mol. The number of aryl methyl sites for hydroxylation is 1. The van der Waals surface area contributed by atoms with Crippen LogP contribution in [-0.2, 0) is 16.6 Å². The van der Waals surface area contributed by atoms with Crippen molar-refractivity contribution in [1.29, 1.82) is 0 Å². The Labute approximate surface area is 119 Å². The summed E-state index contributed by atoms with van der Waals surface area (Å²) in [7, 11) is -3.69. The monoisotopic (exact) mass is 345 g/mol. The summed E-state index contributed by atoms with van der Waals surface area (Å²) in [6, 6.07) is 6.31. The summed E-state index contributed by atoms with van der Waals surface area (Å²) >= 11 is 3.21. The van der Waals surface area contributed by atoms with E-state index in [0.29, 0.717) is 15.9 Å². The highest BCUT2D eigenvalue weighted by Crippen LogP contribution is 2.22. The molecule has 1 heterocycles. The third kappa shape index (κ3) is 3.34. The van der Waals surface area contributed by atoms with Gasteiger partial charge in [0.1, 0.15) is 10.7 Å². The maximum absolute atomic E-state index is 12.1. The molecule has 8 heteroatoms. The molecule has 0 aliphatic carbocycles. The summed E-state index contributed by atoms with van der Waals surface area (Å²) < 4.78 is 32.2. The van der Waals surface area contributed by atoms with Crippen molar-refractivity contribution in [2.45, 2.75) is 18.4 Å². The van der Waals surface area contributed by atoms with Gasteiger partial charge >= 0.3 is 0 Å². The Hall–Kier alpha value is -1.38. The van der Waals surface area contributed by atoms with Crippen molar-refractivity contribution in [3.63, 3.8) is 0 Å². The van der Waals surface area contributed by atoms with E-state index in [4.69, 9.17) is 10.3 Å². The molecule has 6 nitrogen and oxygen atoms in total. The Morgan fingerprint density at radius 2 is 2.16 bits per heavy atom. The van der Waals surface area contributed by atoms with Crippen molar-refractivity contribution in [3.8, 4) is 0 Å². The van der Waals surface area contributed by atoms with E-state index in [-0.39, 0.29) is 17.1 Å². The first-order valence-electron chi connectivity index (χ1n) is 5.35. The zero-order valence-corrected chi connectivity index (χ0v) is 12.5. The number of nitrogens with zero attached hydrogens (tertiary/aromatic N) is 1. The molecule has 1 aromatic heterocycles. The van der Waals surface area contributed by atoms with Crippen molar-refractivity contribution >= 4 is 31.6 Å². The van der Waals surface area contributed by atoms with Crippen LogP contribution in [0.15, 0.2) is 38.2 Å². The number of hydrogen-bond acceptors (Lipinski definition) is 5. The van der Waals surface area contributed by atoms with Crippen molar-refractivity contribution in [3.05, 3.63) is 40.2 Å². The summed E-state index contributed by atoms with van der Waals surface area (Å²) in [5.41, 5.74) is 6.37. The molecule has 2 aromatic rings. The molecule has 2 rings (SSSR count). The van der Waals surface area contributed by atoms with E-state index in [1.165, 1.54) is 12.1 Å². The topological polar surface area (TPSA) is 98.2 Å². The molecule has 0 bridgehead atoms. The number of hydrogen-bond donors (Lipinski definition) is 2. The Morgan fingerprint density at radius 3 is 2.79 bits per heavy atom. The largest absolute Gasteiger partial charge is 0.398 e. The van der Waals surface area contributed by atoms with Crippen molar-refractivity contribution < 1.29 is 12.9 Å². The van der Waals surface area contributed by atoms with E-state index in [9.17, 15) is 8.42 Å². The van der Waals surface area contributed by atoms with Crippen LogP contribution in [0.25, 0.3) is 0 Å². The van der Waals surface area contributed by atoms with Gasteiger partial charge in [0, 0.05) is 10.5 Å². The lowest BCUT2D eigenvalue weighted by molar-refractivity contribution is 0.390. The summed E-state index contributed by atoms with van der Waals surface area (Å²) in [6.45, 7) is 1.78. The molecule has 0 aliphatic rings. The normalized spacial score (nSPS) is 11.7. The minimum atomic E-state index is -3.69. The molecule has 0 saturated heterocycles. The van der Waals surface area contributed by atoms with Crippen LogP contribution in [0.5, 0.6) is 0 Å². The van der Waals surface area contributed by atoms with Crippen LogP contribution < -0.4 is 10.5 Å². The highest BCUT2D eigenvalue weighted by molar-refractivity contribution is 9.10. The van der Waals surface area contributed by atoms with Crippen LogP contribution >= 0.6 is 15.9 Å². The van der Waals surface area contributed by atoms with Gasteiger partial charge in [-0.25, -0.2) is 13.1 Å². The number of anilines is 1. The van der Waals surface area contributed by atoms with Gasteiger partial charge in [-0.3, -0.25) is 0 Å². The molecular formula is C11H12BrN3O3S. The lowest BCUT2D eigenvalue weighted by atomic mass is 10.3. The number of benzene rings is 1. The van der Waals surface area contributed by atoms with Crippen LogP contribution in [0.2, 0.25) is 0 Å². The summed E-state index contributed by atoms with van der Waals surface area (Å²) in [5.74, 6) is 0.621. The fourth-order valence-corrected chi connectivity index (χ4v) is 3.16. The van der Waals surface area contributed by atoms with Gasteiger partial charge in [0.2, 0.25) is 10.0 Å². The number of halogens is 1. The maximum atomic E-state index is 12.1. The third-order valence-electron chi connectivity index (χ3n) is 2.39. The molecule has 0 spiro atoms. The molecule has 0 fully saturated rings. The first kappa shape index (κ1) is 14.0. The molecule has 0 radical (unpaired) electrons. The van der Waals surface area contributed by atoms with Crippen molar-refractivity contribution in [1.82, 2.24) is 9.88 Å². The average molecular weight is 346 g/mol. The SMILES string of the molecule is Cc1cc(CNS(=O)(=O)c2cc(Br)ccc2N)no1. The van der Waals surface area contributed by atoms with Crippen molar-refractivity contribution in [2.75, 3.05) is 5.73 Å². The first-order valence-corrected chi connectivity index (χ1v) is 7.63. The number of sulfonamides is 1. The van der Waals surface area contributed by atoms with E-state index in [1.807, 2.05) is 0 Å². The highest BCUT2D eigenvalue weighted by atomic mass is 79.9. The van der Waals surface area contributed by atoms with Crippen LogP contribution in [0.4, 0.5) is 5.69 Å². The highest BCUT2D eigenvalue weighted by Gasteiger charge is 2.18. The standard InChI is InChI=1S/C11H12BrN3O3S/c1-7-4-9(15-18-7)6-14-19(16,17)11-5-8(12)2-3-10(11)13/h2-5,14H,6,13H2,1H3. The van der Waals surface area contributed by atoms with Crippen LogP contribution in [-0.4, -0.2) is 13.6 Å². The van der Waals surface area contributed by atoms with E-state index < -0.39 is 10.0 Å². The fourth-order valence-electron chi connectivity index (χ4n) is 1.49. The van der Waals surface area contributed by atoms with Gasteiger partial charge in [0.05, 0.1) is 17.9 Å².